The van der Waals surface area contributed by atoms with E-state index in [9.17, 15) is 0 Å². The van der Waals surface area contributed by atoms with Crippen LogP contribution in [-0.4, -0.2) is 14.5 Å². The lowest BCUT2D eigenvalue weighted by atomic mass is 9.84. The van der Waals surface area contributed by atoms with Crippen LogP contribution in [0, 0.1) is 0 Å². The summed E-state index contributed by atoms with van der Waals surface area (Å²) >= 11 is 0. The number of nitrogens with two attached hydrogens (primary N) is 1. The smallest absolute Gasteiger partial charge is 0.147 e. The summed E-state index contributed by atoms with van der Waals surface area (Å²) in [5, 5.41) is 2.47. The fraction of sp³-hybridized carbons (Fsp3) is 0.213. The van der Waals surface area contributed by atoms with Gasteiger partial charge in [0.25, 0.3) is 0 Å². The quantitative estimate of drug-likeness (QED) is 0.192. The molecule has 0 saturated carbocycles. The van der Waals surface area contributed by atoms with Crippen molar-refractivity contribution >= 4 is 32.8 Å². The molecule has 6 aromatic carbocycles. The Hall–Kier alpha value is -5.45. The highest BCUT2D eigenvalue weighted by Gasteiger charge is 2.25. The SMILES string of the molecule is CC(N)c1cc(-c2ccccc2)cc(-c2cccc3c2nc(-c2cc(C(C)(C)C)cc4c2[nH]c2ccc(C(C)(C)C)cc24)n3-c2ccccc2)c1. The number of hydrogen-bond donors (Lipinski definition) is 2. The van der Waals surface area contributed by atoms with Crippen LogP contribution in [0.15, 0.2) is 127 Å². The Morgan fingerprint density at radius 3 is 1.96 bits per heavy atom. The Balaban J connectivity index is 1.46. The summed E-state index contributed by atoms with van der Waals surface area (Å²) in [5.74, 6) is 0.911. The molecule has 1 unspecified atom stereocenters. The number of rotatable bonds is 5. The Morgan fingerprint density at radius 2 is 1.27 bits per heavy atom. The summed E-state index contributed by atoms with van der Waals surface area (Å²) in [4.78, 5) is 9.47. The maximum absolute atomic E-state index is 6.54. The van der Waals surface area contributed by atoms with E-state index in [1.54, 1.807) is 0 Å². The van der Waals surface area contributed by atoms with Gasteiger partial charge >= 0.3 is 0 Å². The van der Waals surface area contributed by atoms with Crippen molar-refractivity contribution in [1.82, 2.24) is 14.5 Å². The molecule has 0 aliphatic rings. The summed E-state index contributed by atoms with van der Waals surface area (Å²) in [7, 11) is 0. The number of para-hydroxylation sites is 2. The van der Waals surface area contributed by atoms with E-state index in [1.807, 2.05) is 0 Å². The monoisotopic (exact) mass is 666 g/mol. The minimum absolute atomic E-state index is 0.0410. The molecular formula is C47H46N4. The second-order valence-electron chi connectivity index (χ2n) is 16.1. The predicted octanol–water partition coefficient (Wildman–Crippen LogP) is 12.3. The topological polar surface area (TPSA) is 59.6 Å². The standard InChI is InChI=1S/C47H46N4/c1-29(48)31-23-32(30-15-10-8-11-16-30)25-33(24-31)37-19-14-20-42-44(37)50-45(51(42)36-17-12-9-13-18-36)40-28-35(47(5,6)7)27-39-38-26-34(46(2,3)4)21-22-41(38)49-43(39)40/h8-29,49H,48H2,1-7H3. The Bertz CT molecular complexity index is 2550. The molecule has 2 heterocycles. The lowest BCUT2D eigenvalue weighted by Crippen LogP contribution is -2.11. The number of nitrogens with one attached hydrogen (secondary N) is 1. The van der Waals surface area contributed by atoms with Crippen LogP contribution in [0.5, 0.6) is 0 Å². The first-order chi connectivity index (χ1) is 24.4. The van der Waals surface area contributed by atoms with Crippen LogP contribution in [0.3, 0.4) is 0 Å². The van der Waals surface area contributed by atoms with Crippen LogP contribution in [0.1, 0.15) is 71.2 Å². The number of fused-ring (bicyclic) bond motifs is 4. The van der Waals surface area contributed by atoms with Crippen LogP contribution in [-0.2, 0) is 10.8 Å². The van der Waals surface area contributed by atoms with Crippen molar-refractivity contribution < 1.29 is 0 Å². The molecule has 4 heteroatoms. The number of imidazole rings is 1. The lowest BCUT2D eigenvalue weighted by molar-refractivity contribution is 0.590. The summed E-state index contributed by atoms with van der Waals surface area (Å²) < 4.78 is 2.33. The average molecular weight is 667 g/mol. The van der Waals surface area contributed by atoms with Gasteiger partial charge in [0.05, 0.1) is 16.6 Å². The molecule has 1 atom stereocenters. The molecule has 0 fully saturated rings. The number of aromatic nitrogens is 3. The zero-order chi connectivity index (χ0) is 35.7. The fourth-order valence-electron chi connectivity index (χ4n) is 7.29. The third-order valence-electron chi connectivity index (χ3n) is 10.3. The number of nitrogens with zero attached hydrogens (tertiary/aromatic N) is 2. The third-order valence-corrected chi connectivity index (χ3v) is 10.3. The van der Waals surface area contributed by atoms with Crippen molar-refractivity contribution in [2.45, 2.75) is 65.3 Å². The molecule has 2 aromatic heterocycles. The second kappa shape index (κ2) is 12.1. The van der Waals surface area contributed by atoms with E-state index in [0.717, 1.165) is 61.4 Å². The number of H-pyrrole nitrogens is 1. The van der Waals surface area contributed by atoms with Gasteiger partial charge in [-0.2, -0.15) is 0 Å². The van der Waals surface area contributed by atoms with Gasteiger partial charge in [-0.3, -0.25) is 4.57 Å². The Morgan fingerprint density at radius 1 is 0.608 bits per heavy atom. The van der Waals surface area contributed by atoms with E-state index >= 15 is 0 Å². The highest BCUT2D eigenvalue weighted by molar-refractivity contribution is 6.12. The van der Waals surface area contributed by atoms with Gasteiger partial charge in [0, 0.05) is 39.1 Å². The Kier molecular flexibility index (Phi) is 7.77. The van der Waals surface area contributed by atoms with E-state index < -0.39 is 0 Å². The van der Waals surface area contributed by atoms with Crippen LogP contribution >= 0.6 is 0 Å². The normalized spacial score (nSPS) is 13.0. The van der Waals surface area contributed by atoms with Gasteiger partial charge in [-0.1, -0.05) is 108 Å². The molecule has 4 nitrogen and oxygen atoms in total. The number of hydrogen-bond acceptors (Lipinski definition) is 2. The molecule has 8 rings (SSSR count). The molecule has 0 saturated heterocycles. The van der Waals surface area contributed by atoms with Crippen molar-refractivity contribution in [1.29, 1.82) is 0 Å². The molecule has 8 aromatic rings. The third kappa shape index (κ3) is 5.84. The fourth-order valence-corrected chi connectivity index (χ4v) is 7.29. The van der Waals surface area contributed by atoms with E-state index in [-0.39, 0.29) is 16.9 Å². The maximum atomic E-state index is 6.54. The molecule has 3 N–H and O–H groups in total. The van der Waals surface area contributed by atoms with Crippen LogP contribution in [0.2, 0.25) is 0 Å². The first-order valence-corrected chi connectivity index (χ1v) is 18.0. The molecule has 0 amide bonds. The lowest BCUT2D eigenvalue weighted by Gasteiger charge is -2.21. The molecule has 0 bridgehead atoms. The first-order valence-electron chi connectivity index (χ1n) is 18.0. The summed E-state index contributed by atoms with van der Waals surface area (Å²) in [6, 6.07) is 45.9. The van der Waals surface area contributed by atoms with Crippen molar-refractivity contribution in [2.75, 3.05) is 0 Å². The molecule has 0 aliphatic carbocycles. The van der Waals surface area contributed by atoms with Crippen molar-refractivity contribution in [2.24, 2.45) is 5.73 Å². The van der Waals surface area contributed by atoms with E-state index in [4.69, 9.17) is 10.7 Å². The largest absolute Gasteiger partial charge is 0.354 e. The highest BCUT2D eigenvalue weighted by Crippen LogP contribution is 2.42. The van der Waals surface area contributed by atoms with Crippen molar-refractivity contribution in [3.05, 3.63) is 144 Å². The van der Waals surface area contributed by atoms with Gasteiger partial charge in [0.2, 0.25) is 0 Å². The Labute approximate surface area is 301 Å². The van der Waals surface area contributed by atoms with Crippen molar-refractivity contribution in [3.63, 3.8) is 0 Å². The van der Waals surface area contributed by atoms with E-state index in [1.165, 1.54) is 27.5 Å². The second-order valence-corrected chi connectivity index (χ2v) is 16.1. The van der Waals surface area contributed by atoms with Crippen molar-refractivity contribution in [3.8, 4) is 39.3 Å². The summed E-state index contributed by atoms with van der Waals surface area (Å²) in [6.07, 6.45) is 0. The van der Waals surface area contributed by atoms with Gasteiger partial charge < -0.3 is 10.7 Å². The minimum atomic E-state index is -0.113. The zero-order valence-electron chi connectivity index (χ0n) is 30.7. The maximum Gasteiger partial charge on any atom is 0.147 e. The molecule has 0 radical (unpaired) electrons. The molecule has 51 heavy (non-hydrogen) atoms. The summed E-state index contributed by atoms with van der Waals surface area (Å²) in [6.45, 7) is 15.8. The first kappa shape index (κ1) is 32.7. The number of aromatic amines is 1. The van der Waals surface area contributed by atoms with Crippen LogP contribution < -0.4 is 5.73 Å². The molecule has 254 valence electrons. The average Bonchev–Trinajstić information content (AvgIpc) is 3.69. The van der Waals surface area contributed by atoms with Crippen LogP contribution in [0.25, 0.3) is 72.2 Å². The van der Waals surface area contributed by atoms with Gasteiger partial charge in [-0.05, 0) is 112 Å². The van der Waals surface area contributed by atoms with E-state index in [0.29, 0.717) is 0 Å². The van der Waals surface area contributed by atoms with Gasteiger partial charge in [0.1, 0.15) is 5.82 Å². The minimum Gasteiger partial charge on any atom is -0.354 e. The van der Waals surface area contributed by atoms with Crippen LogP contribution in [0.4, 0.5) is 0 Å². The molecular weight excluding hydrogens is 621 g/mol. The number of benzene rings is 6. The van der Waals surface area contributed by atoms with E-state index in [2.05, 4.69) is 185 Å². The van der Waals surface area contributed by atoms with Gasteiger partial charge in [-0.15, -0.1) is 0 Å². The van der Waals surface area contributed by atoms with Gasteiger partial charge in [-0.25, -0.2) is 4.98 Å². The highest BCUT2D eigenvalue weighted by atomic mass is 15.1. The summed E-state index contributed by atoms with van der Waals surface area (Å²) in [5.41, 5.74) is 21.1. The predicted molar refractivity (Wildman–Crippen MR) is 217 cm³/mol. The molecule has 0 spiro atoms. The van der Waals surface area contributed by atoms with Gasteiger partial charge in [0.15, 0.2) is 0 Å². The molecule has 0 aliphatic heterocycles. The zero-order valence-corrected chi connectivity index (χ0v) is 30.7.